The molecule has 0 bridgehead atoms. The van der Waals surface area contributed by atoms with Gasteiger partial charge in [0, 0.05) is 17.0 Å². The first-order valence-electron chi connectivity index (χ1n) is 5.03. The number of nitrogens with zero attached hydrogens (tertiary/aromatic N) is 2. The van der Waals surface area contributed by atoms with Crippen LogP contribution >= 0.6 is 34.0 Å². The summed E-state index contributed by atoms with van der Waals surface area (Å²) in [6, 6.07) is 3.96. The van der Waals surface area contributed by atoms with E-state index in [1.54, 1.807) is 22.9 Å². The van der Waals surface area contributed by atoms with Crippen molar-refractivity contribution >= 4 is 45.0 Å². The second-order valence-electron chi connectivity index (χ2n) is 3.31. The molecular formula is C11H7N3OS3. The molecule has 0 aliphatic carbocycles. The zero-order valence-corrected chi connectivity index (χ0v) is 11.4. The van der Waals surface area contributed by atoms with Gasteiger partial charge in [-0.2, -0.15) is 0 Å². The van der Waals surface area contributed by atoms with Gasteiger partial charge in [-0.3, -0.25) is 10.1 Å². The van der Waals surface area contributed by atoms with Crippen molar-refractivity contribution in [1.29, 1.82) is 0 Å². The largest absolute Gasteiger partial charge is 0.296 e. The van der Waals surface area contributed by atoms with E-state index >= 15 is 0 Å². The Bertz CT molecular complexity index is 643. The van der Waals surface area contributed by atoms with E-state index in [0.29, 0.717) is 10.8 Å². The van der Waals surface area contributed by atoms with Crippen molar-refractivity contribution in [2.24, 2.45) is 0 Å². The van der Waals surface area contributed by atoms with Gasteiger partial charge in [0.2, 0.25) is 0 Å². The smallest absolute Gasteiger partial charge is 0.276 e. The summed E-state index contributed by atoms with van der Waals surface area (Å²) >= 11 is 4.47. The average Bonchev–Trinajstić information content (AvgIpc) is 3.11. The molecule has 0 saturated heterocycles. The van der Waals surface area contributed by atoms with Crippen LogP contribution in [0.25, 0.3) is 9.88 Å². The van der Waals surface area contributed by atoms with Crippen molar-refractivity contribution in [1.82, 2.24) is 9.97 Å². The van der Waals surface area contributed by atoms with Gasteiger partial charge in [-0.05, 0) is 11.4 Å². The van der Waals surface area contributed by atoms with E-state index in [9.17, 15) is 4.79 Å². The maximum absolute atomic E-state index is 11.9. The Balaban J connectivity index is 1.79. The summed E-state index contributed by atoms with van der Waals surface area (Å²) in [5, 5.41) is 9.74. The number of carbonyl (C=O) groups is 1. The first-order valence-corrected chi connectivity index (χ1v) is 7.67. The Morgan fingerprint density at radius 2 is 2.17 bits per heavy atom. The van der Waals surface area contributed by atoms with Crippen LogP contribution in [-0.2, 0) is 0 Å². The number of aromatic nitrogens is 2. The molecule has 0 fully saturated rings. The molecule has 1 N–H and O–H groups in total. The Morgan fingerprint density at radius 1 is 1.22 bits per heavy atom. The number of carbonyl (C=O) groups excluding carboxylic acids is 1. The van der Waals surface area contributed by atoms with Crippen molar-refractivity contribution in [3.8, 4) is 9.88 Å². The van der Waals surface area contributed by atoms with Crippen molar-refractivity contribution in [2.45, 2.75) is 0 Å². The van der Waals surface area contributed by atoms with Crippen LogP contribution < -0.4 is 5.32 Å². The standard InChI is InChI=1S/C11H7N3OS3/c15-9(14-11-12-3-5-17-11)7-6-18-10(13-7)8-2-1-4-16-8/h1-6H,(H,12,14,15). The summed E-state index contributed by atoms with van der Waals surface area (Å²) in [4.78, 5) is 21.3. The fourth-order valence-electron chi connectivity index (χ4n) is 1.34. The van der Waals surface area contributed by atoms with E-state index in [-0.39, 0.29) is 5.91 Å². The highest BCUT2D eigenvalue weighted by Crippen LogP contribution is 2.28. The summed E-state index contributed by atoms with van der Waals surface area (Å²) in [7, 11) is 0. The van der Waals surface area contributed by atoms with E-state index in [4.69, 9.17) is 0 Å². The van der Waals surface area contributed by atoms with Crippen LogP contribution in [0.15, 0.2) is 34.5 Å². The molecule has 0 unspecified atom stereocenters. The van der Waals surface area contributed by atoms with Gasteiger partial charge in [0.25, 0.3) is 5.91 Å². The van der Waals surface area contributed by atoms with Crippen LogP contribution in [0.2, 0.25) is 0 Å². The Kier molecular flexibility index (Phi) is 3.18. The highest BCUT2D eigenvalue weighted by Gasteiger charge is 2.13. The first kappa shape index (κ1) is 11.5. The van der Waals surface area contributed by atoms with Gasteiger partial charge in [-0.25, -0.2) is 9.97 Å². The lowest BCUT2D eigenvalue weighted by Crippen LogP contribution is -2.11. The van der Waals surface area contributed by atoms with Crippen molar-refractivity contribution in [3.05, 3.63) is 40.2 Å². The van der Waals surface area contributed by atoms with Crippen LogP contribution in [-0.4, -0.2) is 15.9 Å². The predicted octanol–water partition coefficient (Wildman–Crippen LogP) is 3.58. The Labute approximate surface area is 115 Å². The van der Waals surface area contributed by atoms with E-state index in [0.717, 1.165) is 9.88 Å². The third kappa shape index (κ3) is 2.33. The predicted molar refractivity (Wildman–Crippen MR) is 75.5 cm³/mol. The molecule has 0 radical (unpaired) electrons. The molecule has 18 heavy (non-hydrogen) atoms. The number of nitrogens with one attached hydrogen (secondary N) is 1. The lowest BCUT2D eigenvalue weighted by molar-refractivity contribution is 0.102. The molecule has 3 aromatic rings. The molecule has 1 amide bonds. The van der Waals surface area contributed by atoms with Gasteiger partial charge in [-0.1, -0.05) is 6.07 Å². The number of hydrogen-bond acceptors (Lipinski definition) is 6. The highest BCUT2D eigenvalue weighted by atomic mass is 32.1. The van der Waals surface area contributed by atoms with Crippen LogP contribution in [0, 0.1) is 0 Å². The maximum Gasteiger partial charge on any atom is 0.276 e. The van der Waals surface area contributed by atoms with Crippen LogP contribution in [0.4, 0.5) is 5.13 Å². The van der Waals surface area contributed by atoms with Crippen molar-refractivity contribution in [2.75, 3.05) is 5.32 Å². The fraction of sp³-hybridized carbons (Fsp3) is 0. The highest BCUT2D eigenvalue weighted by molar-refractivity contribution is 7.20. The molecule has 0 aliphatic rings. The Morgan fingerprint density at radius 3 is 2.89 bits per heavy atom. The van der Waals surface area contributed by atoms with Crippen LogP contribution in [0.1, 0.15) is 10.5 Å². The molecule has 0 aromatic carbocycles. The van der Waals surface area contributed by atoms with Gasteiger partial charge < -0.3 is 0 Å². The minimum absolute atomic E-state index is 0.219. The molecule has 7 heteroatoms. The minimum atomic E-state index is -0.219. The normalized spacial score (nSPS) is 10.4. The quantitative estimate of drug-likeness (QED) is 0.803. The van der Waals surface area contributed by atoms with E-state index < -0.39 is 0 Å². The molecular weight excluding hydrogens is 286 g/mol. The second kappa shape index (κ2) is 4.97. The van der Waals surface area contributed by atoms with Gasteiger partial charge >= 0.3 is 0 Å². The SMILES string of the molecule is O=C(Nc1nccs1)c1csc(-c2cccs2)n1. The first-order chi connectivity index (χ1) is 8.83. The van der Waals surface area contributed by atoms with Crippen LogP contribution in [0.3, 0.4) is 0 Å². The van der Waals surface area contributed by atoms with Gasteiger partial charge in [0.15, 0.2) is 5.13 Å². The molecule has 3 aromatic heterocycles. The lowest BCUT2D eigenvalue weighted by Gasteiger charge is -1.96. The third-order valence-electron chi connectivity index (χ3n) is 2.12. The third-order valence-corrected chi connectivity index (χ3v) is 4.69. The molecule has 0 spiro atoms. The van der Waals surface area contributed by atoms with Crippen LogP contribution in [0.5, 0.6) is 0 Å². The molecule has 90 valence electrons. The van der Waals surface area contributed by atoms with Gasteiger partial charge in [-0.15, -0.1) is 34.0 Å². The molecule has 3 rings (SSSR count). The summed E-state index contributed by atoms with van der Waals surface area (Å²) in [6.45, 7) is 0. The maximum atomic E-state index is 11.9. The summed E-state index contributed by atoms with van der Waals surface area (Å²) in [5.74, 6) is -0.219. The molecule has 4 nitrogen and oxygen atoms in total. The number of thiazole rings is 2. The molecule has 3 heterocycles. The summed E-state index contributed by atoms with van der Waals surface area (Å²) in [5.41, 5.74) is 0.429. The molecule has 0 saturated carbocycles. The van der Waals surface area contributed by atoms with Gasteiger partial charge in [0.1, 0.15) is 10.7 Å². The topological polar surface area (TPSA) is 54.9 Å². The molecule has 0 aliphatic heterocycles. The monoisotopic (exact) mass is 293 g/mol. The number of anilines is 1. The lowest BCUT2D eigenvalue weighted by atomic mass is 10.4. The number of amides is 1. The van der Waals surface area contributed by atoms with E-state index in [1.807, 2.05) is 22.9 Å². The number of hydrogen-bond donors (Lipinski definition) is 1. The summed E-state index contributed by atoms with van der Waals surface area (Å²) < 4.78 is 0. The second-order valence-corrected chi connectivity index (χ2v) is 6.01. The minimum Gasteiger partial charge on any atom is -0.296 e. The number of thiophene rings is 1. The van der Waals surface area contributed by atoms with Crippen molar-refractivity contribution < 1.29 is 4.79 Å². The van der Waals surface area contributed by atoms with E-state index in [2.05, 4.69) is 15.3 Å². The summed E-state index contributed by atoms with van der Waals surface area (Å²) in [6.07, 6.45) is 1.65. The zero-order valence-electron chi connectivity index (χ0n) is 8.99. The van der Waals surface area contributed by atoms with Gasteiger partial charge in [0.05, 0.1) is 4.88 Å². The zero-order chi connectivity index (χ0) is 12.4. The Hall–Kier alpha value is -1.57. The number of rotatable bonds is 3. The van der Waals surface area contributed by atoms with Crippen molar-refractivity contribution in [3.63, 3.8) is 0 Å². The molecule has 0 atom stereocenters. The fourth-order valence-corrected chi connectivity index (χ4v) is 3.48. The average molecular weight is 293 g/mol. The van der Waals surface area contributed by atoms with E-state index in [1.165, 1.54) is 22.7 Å².